The summed E-state index contributed by atoms with van der Waals surface area (Å²) in [6.07, 6.45) is 2.53. The molecule has 0 aliphatic carbocycles. The second kappa shape index (κ2) is 6.13. The first kappa shape index (κ1) is 15.9. The minimum Gasteiger partial charge on any atom is -0.480 e. The van der Waals surface area contributed by atoms with Crippen molar-refractivity contribution in [1.29, 1.82) is 0 Å². The summed E-state index contributed by atoms with van der Waals surface area (Å²) in [5.74, 6) is -1.31. The molecule has 1 N–H and O–H groups in total. The molecule has 2 saturated heterocycles. The van der Waals surface area contributed by atoms with Crippen LogP contribution in [0.5, 0.6) is 0 Å². The molecule has 0 aromatic carbocycles. The minimum absolute atomic E-state index is 0.00296. The van der Waals surface area contributed by atoms with Gasteiger partial charge in [-0.3, -0.25) is 24.2 Å². The maximum atomic E-state index is 12.6. The first-order chi connectivity index (χ1) is 9.88. The lowest BCUT2D eigenvalue weighted by Crippen LogP contribution is -2.56. The fourth-order valence-corrected chi connectivity index (χ4v) is 3.49. The molecule has 0 spiro atoms. The largest absolute Gasteiger partial charge is 0.480 e. The van der Waals surface area contributed by atoms with Crippen LogP contribution in [0.2, 0.25) is 0 Å². The number of nitrogens with zero attached hydrogens (tertiary/aromatic N) is 2. The van der Waals surface area contributed by atoms with Gasteiger partial charge in [0, 0.05) is 6.04 Å². The molecule has 2 rings (SSSR count). The smallest absolute Gasteiger partial charge is 0.321 e. The number of likely N-dealkylation sites (tertiary alicyclic amines) is 2. The normalized spacial score (nSPS) is 32.5. The number of hydrogen-bond donors (Lipinski definition) is 1. The van der Waals surface area contributed by atoms with Gasteiger partial charge in [0.2, 0.25) is 11.8 Å². The molecule has 2 aliphatic rings. The van der Waals surface area contributed by atoms with Crippen molar-refractivity contribution in [2.45, 2.75) is 64.6 Å². The molecule has 4 unspecified atom stereocenters. The average Bonchev–Trinajstić information content (AvgIpc) is 2.72. The summed E-state index contributed by atoms with van der Waals surface area (Å²) in [5, 5.41) is 9.46. The van der Waals surface area contributed by atoms with Gasteiger partial charge in [-0.2, -0.15) is 0 Å². The zero-order valence-corrected chi connectivity index (χ0v) is 12.9. The van der Waals surface area contributed by atoms with Crippen molar-refractivity contribution < 1.29 is 19.5 Å². The van der Waals surface area contributed by atoms with Gasteiger partial charge in [0.25, 0.3) is 0 Å². The van der Waals surface area contributed by atoms with E-state index in [4.69, 9.17) is 0 Å². The molecule has 0 aromatic rings. The average molecular weight is 296 g/mol. The van der Waals surface area contributed by atoms with Crippen LogP contribution in [0.3, 0.4) is 0 Å². The summed E-state index contributed by atoms with van der Waals surface area (Å²) in [6.45, 7) is 6.26. The van der Waals surface area contributed by atoms with Crippen LogP contribution < -0.4 is 0 Å². The topological polar surface area (TPSA) is 77.9 Å². The maximum Gasteiger partial charge on any atom is 0.321 e. The van der Waals surface area contributed by atoms with Crippen molar-refractivity contribution >= 4 is 17.8 Å². The van der Waals surface area contributed by atoms with Gasteiger partial charge in [0.15, 0.2) is 0 Å². The van der Waals surface area contributed by atoms with Gasteiger partial charge in [-0.1, -0.05) is 13.8 Å². The number of carbonyl (C=O) groups is 3. The van der Waals surface area contributed by atoms with E-state index in [-0.39, 0.29) is 30.2 Å². The molecule has 21 heavy (non-hydrogen) atoms. The summed E-state index contributed by atoms with van der Waals surface area (Å²) in [4.78, 5) is 39.3. The van der Waals surface area contributed by atoms with E-state index in [9.17, 15) is 19.5 Å². The number of rotatable bonds is 4. The van der Waals surface area contributed by atoms with Gasteiger partial charge in [0.05, 0.1) is 12.5 Å². The number of piperidine rings is 1. The second-order valence-corrected chi connectivity index (χ2v) is 6.22. The molecule has 0 aromatic heterocycles. The van der Waals surface area contributed by atoms with Crippen molar-refractivity contribution in [3.05, 3.63) is 0 Å². The SMILES string of the molecule is CCC(C)N1C(=O)CC(N2CCCC(C)C2C(=O)O)C1=O. The predicted octanol–water partition coefficient (Wildman–Crippen LogP) is 1.10. The third-order valence-electron chi connectivity index (χ3n) is 4.82. The summed E-state index contributed by atoms with van der Waals surface area (Å²) in [6, 6.07) is -1.40. The maximum absolute atomic E-state index is 12.6. The van der Waals surface area contributed by atoms with Crippen molar-refractivity contribution in [2.24, 2.45) is 5.92 Å². The van der Waals surface area contributed by atoms with Gasteiger partial charge in [-0.25, -0.2) is 0 Å². The summed E-state index contributed by atoms with van der Waals surface area (Å²) < 4.78 is 0. The van der Waals surface area contributed by atoms with E-state index >= 15 is 0 Å². The van der Waals surface area contributed by atoms with Crippen molar-refractivity contribution in [1.82, 2.24) is 9.80 Å². The molecule has 6 heteroatoms. The third kappa shape index (κ3) is 2.81. The first-order valence-corrected chi connectivity index (χ1v) is 7.72. The number of hydrogen-bond acceptors (Lipinski definition) is 4. The molecule has 2 fully saturated rings. The van der Waals surface area contributed by atoms with Crippen molar-refractivity contribution in [3.63, 3.8) is 0 Å². The van der Waals surface area contributed by atoms with Crippen LogP contribution in [-0.4, -0.2) is 57.4 Å². The van der Waals surface area contributed by atoms with E-state index in [1.54, 1.807) is 4.90 Å². The Bertz CT molecular complexity index is 451. The Labute approximate surface area is 125 Å². The Morgan fingerprint density at radius 2 is 2.10 bits per heavy atom. The Kier molecular flexibility index (Phi) is 4.66. The van der Waals surface area contributed by atoms with Crippen LogP contribution in [-0.2, 0) is 14.4 Å². The van der Waals surface area contributed by atoms with Gasteiger partial charge in [-0.05, 0) is 38.6 Å². The molecule has 118 valence electrons. The van der Waals surface area contributed by atoms with E-state index < -0.39 is 18.1 Å². The van der Waals surface area contributed by atoms with Gasteiger partial charge < -0.3 is 5.11 Å². The molecule has 2 aliphatic heterocycles. The van der Waals surface area contributed by atoms with Gasteiger partial charge in [-0.15, -0.1) is 0 Å². The highest BCUT2D eigenvalue weighted by molar-refractivity contribution is 6.06. The highest BCUT2D eigenvalue weighted by Crippen LogP contribution is 2.30. The van der Waals surface area contributed by atoms with Crippen molar-refractivity contribution in [3.8, 4) is 0 Å². The highest BCUT2D eigenvalue weighted by atomic mass is 16.4. The molecule has 2 heterocycles. The zero-order valence-electron chi connectivity index (χ0n) is 12.9. The summed E-state index contributed by atoms with van der Waals surface area (Å²) in [5.41, 5.74) is 0. The second-order valence-electron chi connectivity index (χ2n) is 6.22. The number of carboxylic acid groups (broad SMARTS) is 1. The van der Waals surface area contributed by atoms with E-state index in [0.29, 0.717) is 13.0 Å². The Morgan fingerprint density at radius 3 is 2.67 bits per heavy atom. The van der Waals surface area contributed by atoms with Gasteiger partial charge >= 0.3 is 5.97 Å². The fourth-order valence-electron chi connectivity index (χ4n) is 3.49. The minimum atomic E-state index is -0.899. The molecule has 4 atom stereocenters. The lowest BCUT2D eigenvalue weighted by atomic mass is 9.89. The monoisotopic (exact) mass is 296 g/mol. The number of imide groups is 1. The highest BCUT2D eigenvalue weighted by Gasteiger charge is 2.48. The van der Waals surface area contributed by atoms with Gasteiger partial charge in [0.1, 0.15) is 6.04 Å². The van der Waals surface area contributed by atoms with Crippen LogP contribution in [0.1, 0.15) is 46.5 Å². The molecule has 6 nitrogen and oxygen atoms in total. The van der Waals surface area contributed by atoms with Crippen LogP contribution in [0.25, 0.3) is 0 Å². The lowest BCUT2D eigenvalue weighted by molar-refractivity contribution is -0.150. The molecule has 0 radical (unpaired) electrons. The third-order valence-corrected chi connectivity index (χ3v) is 4.82. The number of aliphatic carboxylic acids is 1. The van der Waals surface area contributed by atoms with E-state index in [2.05, 4.69) is 0 Å². The lowest BCUT2D eigenvalue weighted by Gasteiger charge is -2.40. The van der Waals surface area contributed by atoms with Crippen molar-refractivity contribution in [2.75, 3.05) is 6.54 Å². The number of amides is 2. The summed E-state index contributed by atoms with van der Waals surface area (Å²) in [7, 11) is 0. The quantitative estimate of drug-likeness (QED) is 0.786. The molecular formula is C15H24N2O4. The Balaban J connectivity index is 2.23. The molecule has 0 saturated carbocycles. The number of carboxylic acids is 1. The zero-order chi connectivity index (χ0) is 15.7. The number of carbonyl (C=O) groups excluding carboxylic acids is 2. The van der Waals surface area contributed by atoms with Crippen LogP contribution in [0.4, 0.5) is 0 Å². The first-order valence-electron chi connectivity index (χ1n) is 7.72. The molecule has 0 bridgehead atoms. The standard InChI is InChI=1S/C15H24N2O4/c1-4-10(3)17-12(18)8-11(14(17)19)16-7-5-6-9(2)13(16)15(20)21/h9-11,13H,4-8H2,1-3H3,(H,20,21). The van der Waals surface area contributed by atoms with Crippen LogP contribution in [0.15, 0.2) is 0 Å². The predicted molar refractivity (Wildman–Crippen MR) is 76.5 cm³/mol. The molecular weight excluding hydrogens is 272 g/mol. The fraction of sp³-hybridized carbons (Fsp3) is 0.800. The van der Waals surface area contributed by atoms with Crippen LogP contribution >= 0.6 is 0 Å². The Morgan fingerprint density at radius 1 is 1.43 bits per heavy atom. The Hall–Kier alpha value is -1.43. The molecule has 2 amide bonds. The van der Waals surface area contributed by atoms with E-state index in [1.807, 2.05) is 20.8 Å². The summed E-state index contributed by atoms with van der Waals surface area (Å²) >= 11 is 0. The van der Waals surface area contributed by atoms with E-state index in [1.165, 1.54) is 4.90 Å². The van der Waals surface area contributed by atoms with Crippen LogP contribution in [0, 0.1) is 5.92 Å². The van der Waals surface area contributed by atoms with E-state index in [0.717, 1.165) is 12.8 Å².